The number of rotatable bonds is 4. The molecule has 2 rings (SSSR count). The first-order valence-electron chi connectivity index (χ1n) is 6.40. The average Bonchev–Trinajstić information content (AvgIpc) is 2.45. The van der Waals surface area contributed by atoms with Crippen LogP contribution in [0.1, 0.15) is 11.1 Å². The molecule has 0 saturated heterocycles. The van der Waals surface area contributed by atoms with Crippen molar-refractivity contribution in [3.8, 4) is 11.5 Å². The van der Waals surface area contributed by atoms with Gasteiger partial charge in [-0.2, -0.15) is 0 Å². The Labute approximate surface area is 142 Å². The maximum absolute atomic E-state index is 11.0. The fourth-order valence-corrected chi connectivity index (χ4v) is 1.66. The van der Waals surface area contributed by atoms with E-state index in [4.69, 9.17) is 0 Å². The standard InChI is InChI=1S/2C9H10O.Mg/c2*1-2-5-8-6-3-4-7-9(8)10;/h2*2-4,6-7,10H,1,5H2;/q;;+2/p-2. The summed E-state index contributed by atoms with van der Waals surface area (Å²) >= 11 is 0. The van der Waals surface area contributed by atoms with Gasteiger partial charge in [-0.3, -0.25) is 0 Å². The van der Waals surface area contributed by atoms with E-state index in [2.05, 4.69) is 13.2 Å². The Morgan fingerprint density at radius 2 is 1.05 bits per heavy atom. The van der Waals surface area contributed by atoms with Crippen LogP contribution in [0.5, 0.6) is 11.5 Å². The first kappa shape index (κ1) is 19.3. The average molecular weight is 291 g/mol. The summed E-state index contributed by atoms with van der Waals surface area (Å²) in [5.41, 5.74) is 1.63. The smallest absolute Gasteiger partial charge is 0.872 e. The molecule has 0 aliphatic heterocycles. The van der Waals surface area contributed by atoms with Gasteiger partial charge in [0.15, 0.2) is 0 Å². The Morgan fingerprint density at radius 1 is 0.714 bits per heavy atom. The molecule has 0 aliphatic rings. The molecule has 2 nitrogen and oxygen atoms in total. The van der Waals surface area contributed by atoms with E-state index in [9.17, 15) is 10.2 Å². The molecule has 0 unspecified atom stereocenters. The van der Waals surface area contributed by atoms with Crippen LogP contribution in [0, 0.1) is 0 Å². The van der Waals surface area contributed by atoms with Gasteiger partial charge in [0.1, 0.15) is 0 Å². The Balaban J connectivity index is 0.000000364. The van der Waals surface area contributed by atoms with Crippen LogP contribution in [-0.4, -0.2) is 23.1 Å². The predicted octanol–water partition coefficient (Wildman–Crippen LogP) is 2.60. The van der Waals surface area contributed by atoms with Gasteiger partial charge in [-0.05, 0) is 12.8 Å². The molecular weight excluding hydrogens is 273 g/mol. The molecule has 0 fully saturated rings. The Hall–Kier alpha value is -1.71. The summed E-state index contributed by atoms with van der Waals surface area (Å²) < 4.78 is 0. The minimum absolute atomic E-state index is 0. The zero-order valence-corrected chi connectivity index (χ0v) is 13.5. The fourth-order valence-electron chi connectivity index (χ4n) is 1.66. The van der Waals surface area contributed by atoms with E-state index in [0.29, 0.717) is 12.8 Å². The largest absolute Gasteiger partial charge is 2.00 e. The Bertz CT molecular complexity index is 513. The number of para-hydroxylation sites is 2. The molecule has 0 amide bonds. The normalized spacial score (nSPS) is 8.76. The van der Waals surface area contributed by atoms with E-state index in [0.717, 1.165) is 11.1 Å². The molecule has 2 aromatic rings. The molecule has 0 heterocycles. The molecule has 3 heteroatoms. The topological polar surface area (TPSA) is 46.1 Å². The van der Waals surface area contributed by atoms with Gasteiger partial charge in [0.25, 0.3) is 0 Å². The zero-order chi connectivity index (χ0) is 14.8. The fraction of sp³-hybridized carbons (Fsp3) is 0.111. The minimum atomic E-state index is 0. The summed E-state index contributed by atoms with van der Waals surface area (Å²) in [4.78, 5) is 0. The maximum atomic E-state index is 11.0. The van der Waals surface area contributed by atoms with Crippen molar-refractivity contribution in [3.63, 3.8) is 0 Å². The molecule has 2 aromatic carbocycles. The molecule has 0 saturated carbocycles. The van der Waals surface area contributed by atoms with Crippen molar-refractivity contribution in [1.82, 2.24) is 0 Å². The van der Waals surface area contributed by atoms with Gasteiger partial charge < -0.3 is 10.2 Å². The molecule has 0 bridgehead atoms. The van der Waals surface area contributed by atoms with Crippen LogP contribution >= 0.6 is 0 Å². The zero-order valence-electron chi connectivity index (χ0n) is 12.1. The second kappa shape index (κ2) is 11.0. The molecule has 0 atom stereocenters. The molecular formula is C18H18MgO2. The van der Waals surface area contributed by atoms with Crippen molar-refractivity contribution in [2.75, 3.05) is 0 Å². The van der Waals surface area contributed by atoms with Crippen LogP contribution in [0.4, 0.5) is 0 Å². The molecule has 104 valence electrons. The van der Waals surface area contributed by atoms with Crippen molar-refractivity contribution >= 4 is 23.1 Å². The molecule has 21 heavy (non-hydrogen) atoms. The van der Waals surface area contributed by atoms with Gasteiger partial charge >= 0.3 is 23.1 Å². The molecule has 0 aromatic heterocycles. The van der Waals surface area contributed by atoms with E-state index in [1.54, 1.807) is 36.4 Å². The molecule has 0 N–H and O–H groups in total. The Morgan fingerprint density at radius 3 is 1.33 bits per heavy atom. The van der Waals surface area contributed by atoms with Crippen LogP contribution in [0.2, 0.25) is 0 Å². The van der Waals surface area contributed by atoms with Crippen LogP contribution in [0.3, 0.4) is 0 Å². The third kappa shape index (κ3) is 7.02. The molecule has 0 radical (unpaired) electrons. The second-order valence-corrected chi connectivity index (χ2v) is 4.20. The van der Waals surface area contributed by atoms with Crippen LogP contribution in [-0.2, 0) is 12.8 Å². The first-order valence-corrected chi connectivity index (χ1v) is 6.40. The van der Waals surface area contributed by atoms with Crippen LogP contribution in [0.25, 0.3) is 0 Å². The summed E-state index contributed by atoms with van der Waals surface area (Å²) in [6, 6.07) is 14.0. The van der Waals surface area contributed by atoms with E-state index in [-0.39, 0.29) is 34.6 Å². The van der Waals surface area contributed by atoms with Gasteiger partial charge in [0, 0.05) is 0 Å². The van der Waals surface area contributed by atoms with Crippen LogP contribution < -0.4 is 10.2 Å². The number of allylic oxidation sites excluding steroid dienone is 2. The summed E-state index contributed by atoms with van der Waals surface area (Å²) in [6.45, 7) is 7.12. The predicted molar refractivity (Wildman–Crippen MR) is 85.3 cm³/mol. The number of benzene rings is 2. The Kier molecular flexibility index (Phi) is 10.1. The monoisotopic (exact) mass is 290 g/mol. The summed E-state index contributed by atoms with van der Waals surface area (Å²) in [6.07, 6.45) is 4.80. The molecule has 0 spiro atoms. The third-order valence-electron chi connectivity index (χ3n) is 2.67. The van der Waals surface area contributed by atoms with Crippen LogP contribution in [0.15, 0.2) is 73.8 Å². The van der Waals surface area contributed by atoms with Gasteiger partial charge in [-0.15, -0.1) is 24.7 Å². The van der Waals surface area contributed by atoms with Gasteiger partial charge in [0.2, 0.25) is 0 Å². The van der Waals surface area contributed by atoms with Crippen molar-refractivity contribution in [2.45, 2.75) is 12.8 Å². The van der Waals surface area contributed by atoms with E-state index in [1.165, 1.54) is 0 Å². The van der Waals surface area contributed by atoms with E-state index >= 15 is 0 Å². The quantitative estimate of drug-likeness (QED) is 0.642. The van der Waals surface area contributed by atoms with Gasteiger partial charge in [-0.25, -0.2) is 0 Å². The number of hydrogen-bond donors (Lipinski definition) is 0. The van der Waals surface area contributed by atoms with E-state index in [1.807, 2.05) is 24.3 Å². The third-order valence-corrected chi connectivity index (χ3v) is 2.67. The van der Waals surface area contributed by atoms with Crippen molar-refractivity contribution in [1.29, 1.82) is 0 Å². The van der Waals surface area contributed by atoms with Crippen molar-refractivity contribution in [3.05, 3.63) is 85.0 Å². The summed E-state index contributed by atoms with van der Waals surface area (Å²) in [7, 11) is 0. The second-order valence-electron chi connectivity index (χ2n) is 4.20. The van der Waals surface area contributed by atoms with Crippen molar-refractivity contribution < 1.29 is 10.2 Å². The van der Waals surface area contributed by atoms with Crippen molar-refractivity contribution in [2.24, 2.45) is 0 Å². The summed E-state index contributed by atoms with van der Waals surface area (Å²) in [5, 5.41) is 21.9. The number of hydrogen-bond acceptors (Lipinski definition) is 2. The van der Waals surface area contributed by atoms with Gasteiger partial charge in [0.05, 0.1) is 0 Å². The summed E-state index contributed by atoms with van der Waals surface area (Å²) in [5.74, 6) is 0.199. The van der Waals surface area contributed by atoms with Gasteiger partial charge in [-0.1, -0.05) is 71.8 Å². The SMILES string of the molecule is C=CCc1ccccc1[O-].C=CCc1ccccc1[O-].[Mg+2]. The maximum Gasteiger partial charge on any atom is 2.00 e. The minimum Gasteiger partial charge on any atom is -0.872 e. The molecule has 0 aliphatic carbocycles. The van der Waals surface area contributed by atoms with E-state index < -0.39 is 0 Å². The first-order chi connectivity index (χ1) is 9.69.